The molecule has 0 aliphatic rings. The van der Waals surface area contributed by atoms with Crippen molar-refractivity contribution in [2.45, 2.75) is 33.9 Å². The molecule has 33 heavy (non-hydrogen) atoms. The molecular weight excluding hydrogens is 508 g/mol. The number of rotatable bonds is 7. The van der Waals surface area contributed by atoms with Crippen molar-refractivity contribution in [1.29, 1.82) is 0 Å². The average Bonchev–Trinajstić information content (AvgIpc) is 3.31. The molecule has 1 N–H and O–H groups in total. The number of hydrogen-bond donors (Lipinski definition) is 1. The Hall–Kier alpha value is -3.10. The predicted octanol–water partition coefficient (Wildman–Crippen LogP) is 6.09. The third kappa shape index (κ3) is 5.12. The molecule has 0 radical (unpaired) electrons. The van der Waals surface area contributed by atoms with Crippen molar-refractivity contribution >= 4 is 39.3 Å². The summed E-state index contributed by atoms with van der Waals surface area (Å²) in [4.78, 5) is 13.0. The molecule has 0 unspecified atom stereocenters. The Morgan fingerprint density at radius 3 is 2.61 bits per heavy atom. The normalized spacial score (nSPS) is 10.9. The number of halogens is 2. The first-order chi connectivity index (χ1) is 15.8. The molecule has 0 atom stereocenters. The fraction of sp³-hybridized carbons (Fsp3) is 0.208. The van der Waals surface area contributed by atoms with Crippen LogP contribution in [0.5, 0.6) is 5.75 Å². The van der Waals surface area contributed by atoms with E-state index in [2.05, 4.69) is 31.5 Å². The zero-order valence-corrected chi connectivity index (χ0v) is 20.7. The smallest absolute Gasteiger partial charge is 0.279 e. The number of aromatic nitrogens is 3. The lowest BCUT2D eigenvalue weighted by Gasteiger charge is -2.12. The van der Waals surface area contributed by atoms with E-state index < -0.39 is 5.91 Å². The van der Waals surface area contributed by atoms with Crippen LogP contribution in [-0.4, -0.2) is 20.8 Å². The zero-order chi connectivity index (χ0) is 23.5. The fourth-order valence-corrected chi connectivity index (χ4v) is 4.05. The lowest BCUT2D eigenvalue weighted by Crippen LogP contribution is -2.16. The fourth-order valence-electron chi connectivity index (χ4n) is 3.44. The van der Waals surface area contributed by atoms with Gasteiger partial charge in [-0.3, -0.25) is 9.48 Å². The van der Waals surface area contributed by atoms with E-state index in [0.29, 0.717) is 33.2 Å². The Morgan fingerprint density at radius 1 is 1.15 bits per heavy atom. The van der Waals surface area contributed by atoms with E-state index in [1.54, 1.807) is 17.8 Å². The van der Waals surface area contributed by atoms with E-state index in [-0.39, 0.29) is 12.3 Å². The summed E-state index contributed by atoms with van der Waals surface area (Å²) < 4.78 is 13.6. The molecular formula is C24H22BrClN4O3. The highest BCUT2D eigenvalue weighted by atomic mass is 79.9. The van der Waals surface area contributed by atoms with Crippen molar-refractivity contribution in [3.8, 4) is 5.75 Å². The highest BCUT2D eigenvalue weighted by Crippen LogP contribution is 2.26. The summed E-state index contributed by atoms with van der Waals surface area (Å²) in [5.74, 6) is 1.24. The number of hydrogen-bond acceptors (Lipinski definition) is 5. The first-order valence-corrected chi connectivity index (χ1v) is 11.4. The number of anilines is 1. The molecule has 0 aliphatic heterocycles. The van der Waals surface area contributed by atoms with Crippen LogP contribution in [-0.2, 0) is 13.2 Å². The van der Waals surface area contributed by atoms with Crippen molar-refractivity contribution in [2.75, 3.05) is 5.32 Å². The number of aryl methyl sites for hydroxylation is 3. The molecule has 0 aliphatic carbocycles. The van der Waals surface area contributed by atoms with Gasteiger partial charge in [0.1, 0.15) is 18.1 Å². The van der Waals surface area contributed by atoms with Crippen molar-refractivity contribution < 1.29 is 14.1 Å². The minimum absolute atomic E-state index is 0.159. The van der Waals surface area contributed by atoms with Crippen LogP contribution in [0.3, 0.4) is 0 Å². The molecule has 9 heteroatoms. The van der Waals surface area contributed by atoms with Gasteiger partial charge in [-0.15, -0.1) is 0 Å². The first kappa shape index (κ1) is 23.1. The third-order valence-corrected chi connectivity index (χ3v) is 6.16. The Morgan fingerprint density at radius 2 is 1.88 bits per heavy atom. The summed E-state index contributed by atoms with van der Waals surface area (Å²) in [6, 6.07) is 13.5. The van der Waals surface area contributed by atoms with Crippen molar-refractivity contribution in [1.82, 2.24) is 14.9 Å². The van der Waals surface area contributed by atoms with Gasteiger partial charge in [0.15, 0.2) is 11.5 Å². The molecule has 170 valence electrons. The summed E-state index contributed by atoms with van der Waals surface area (Å²) in [5, 5.41) is 11.9. The summed E-state index contributed by atoms with van der Waals surface area (Å²) >= 11 is 9.70. The van der Waals surface area contributed by atoms with Gasteiger partial charge >= 0.3 is 0 Å². The monoisotopic (exact) mass is 528 g/mol. The predicted molar refractivity (Wildman–Crippen MR) is 130 cm³/mol. The van der Waals surface area contributed by atoms with E-state index in [9.17, 15) is 4.79 Å². The van der Waals surface area contributed by atoms with Gasteiger partial charge in [-0.05, 0) is 59.5 Å². The maximum absolute atomic E-state index is 13.0. The lowest BCUT2D eigenvalue weighted by molar-refractivity contribution is 0.101. The maximum Gasteiger partial charge on any atom is 0.279 e. The molecule has 0 fully saturated rings. The van der Waals surface area contributed by atoms with Crippen molar-refractivity contribution in [3.63, 3.8) is 0 Å². The molecule has 0 saturated carbocycles. The van der Waals surface area contributed by atoms with Crippen LogP contribution in [0.25, 0.3) is 0 Å². The van der Waals surface area contributed by atoms with E-state index in [4.69, 9.17) is 20.9 Å². The molecule has 0 saturated heterocycles. The van der Waals surface area contributed by atoms with E-state index in [1.165, 1.54) is 0 Å². The molecule has 2 aromatic heterocycles. The van der Waals surface area contributed by atoms with Gasteiger partial charge in [0.2, 0.25) is 0 Å². The number of carbonyl (C=O) groups is 1. The van der Waals surface area contributed by atoms with Gasteiger partial charge in [0.25, 0.3) is 5.91 Å². The highest BCUT2D eigenvalue weighted by molar-refractivity contribution is 9.10. The lowest BCUT2D eigenvalue weighted by atomic mass is 10.1. The summed E-state index contributed by atoms with van der Waals surface area (Å²) in [5.41, 5.74) is 3.70. The molecule has 2 heterocycles. The number of nitrogens with zero attached hydrogens (tertiary/aromatic N) is 3. The second-order valence-electron chi connectivity index (χ2n) is 7.64. The maximum atomic E-state index is 13.0. The summed E-state index contributed by atoms with van der Waals surface area (Å²) in [6.45, 7) is 6.33. The number of para-hydroxylation sites is 1. The molecule has 4 aromatic rings. The molecule has 1 amide bonds. The van der Waals surface area contributed by atoms with E-state index in [0.717, 1.165) is 22.4 Å². The number of carbonyl (C=O) groups excluding carboxylic acids is 1. The second kappa shape index (κ2) is 9.80. The van der Waals surface area contributed by atoms with Crippen LogP contribution in [0.4, 0.5) is 5.82 Å². The second-order valence-corrected chi connectivity index (χ2v) is 8.91. The molecule has 0 bridgehead atoms. The Bertz CT molecular complexity index is 1290. The SMILES string of the molecule is Cc1cccc(C)c1OCc1c(C(=O)Nc2nn(Cc3ccccc3Cl)cc2Br)noc1C. The largest absolute Gasteiger partial charge is 0.488 e. The van der Waals surface area contributed by atoms with Gasteiger partial charge in [0, 0.05) is 11.2 Å². The van der Waals surface area contributed by atoms with Crippen LogP contribution >= 0.6 is 27.5 Å². The zero-order valence-electron chi connectivity index (χ0n) is 18.4. The van der Waals surface area contributed by atoms with E-state index >= 15 is 0 Å². The van der Waals surface area contributed by atoms with Crippen LogP contribution in [0.2, 0.25) is 5.02 Å². The Kier molecular flexibility index (Phi) is 6.85. The molecule has 2 aromatic carbocycles. The topological polar surface area (TPSA) is 82.2 Å². The number of nitrogens with one attached hydrogen (secondary N) is 1. The Labute approximate surface area is 204 Å². The Balaban J connectivity index is 1.50. The summed E-state index contributed by atoms with van der Waals surface area (Å²) in [7, 11) is 0. The standard InChI is InChI=1S/C24H22BrClN4O3/c1-14-7-6-8-15(2)22(14)32-13-18-16(3)33-29-21(18)24(31)27-23-19(25)12-30(28-23)11-17-9-4-5-10-20(17)26/h4-10,12H,11,13H2,1-3H3,(H,27,28,31). The van der Waals surface area contributed by atoms with Crippen LogP contribution in [0.15, 0.2) is 57.7 Å². The van der Waals surface area contributed by atoms with Gasteiger partial charge in [-0.25, -0.2) is 0 Å². The minimum Gasteiger partial charge on any atom is -0.488 e. The molecule has 0 spiro atoms. The molecule has 7 nitrogen and oxygen atoms in total. The summed E-state index contributed by atoms with van der Waals surface area (Å²) in [6.07, 6.45) is 1.78. The van der Waals surface area contributed by atoms with Crippen LogP contribution < -0.4 is 10.1 Å². The van der Waals surface area contributed by atoms with Gasteiger partial charge in [0.05, 0.1) is 16.6 Å². The van der Waals surface area contributed by atoms with Crippen LogP contribution in [0, 0.1) is 20.8 Å². The number of benzene rings is 2. The van der Waals surface area contributed by atoms with Crippen molar-refractivity contribution in [2.24, 2.45) is 0 Å². The van der Waals surface area contributed by atoms with Gasteiger partial charge in [-0.2, -0.15) is 5.10 Å². The average molecular weight is 530 g/mol. The first-order valence-electron chi connectivity index (χ1n) is 10.3. The quantitative estimate of drug-likeness (QED) is 0.313. The highest BCUT2D eigenvalue weighted by Gasteiger charge is 2.23. The third-order valence-electron chi connectivity index (χ3n) is 5.21. The van der Waals surface area contributed by atoms with Gasteiger partial charge < -0.3 is 14.6 Å². The van der Waals surface area contributed by atoms with Crippen LogP contribution in [0.1, 0.15) is 38.5 Å². The van der Waals surface area contributed by atoms with Gasteiger partial charge in [-0.1, -0.05) is 53.2 Å². The number of amides is 1. The van der Waals surface area contributed by atoms with Crippen molar-refractivity contribution in [3.05, 3.63) is 91.9 Å². The van der Waals surface area contributed by atoms with E-state index in [1.807, 2.05) is 56.3 Å². The molecule has 4 rings (SSSR count). The number of ether oxygens (including phenoxy) is 1. The minimum atomic E-state index is -0.435.